The molecule has 25 heavy (non-hydrogen) atoms. The molecule has 0 unspecified atom stereocenters. The minimum atomic E-state index is 0. The maximum Gasteiger partial charge on any atom is 0.132 e. The van der Waals surface area contributed by atoms with Crippen LogP contribution in [0.3, 0.4) is 0 Å². The van der Waals surface area contributed by atoms with Crippen molar-refractivity contribution in [2.24, 2.45) is 0 Å². The van der Waals surface area contributed by atoms with Gasteiger partial charge in [0.25, 0.3) is 0 Å². The normalized spacial score (nSPS) is 11.4. The van der Waals surface area contributed by atoms with E-state index in [1.54, 1.807) is 0 Å². The molecule has 1 rings (SSSR count). The van der Waals surface area contributed by atoms with E-state index in [9.17, 15) is 0 Å². The molecule has 0 aromatic heterocycles. The van der Waals surface area contributed by atoms with Crippen LogP contribution in [0.5, 0.6) is 0 Å². The van der Waals surface area contributed by atoms with Crippen molar-refractivity contribution in [1.29, 1.82) is 0 Å². The lowest BCUT2D eigenvalue weighted by molar-refractivity contribution is 0.291. The van der Waals surface area contributed by atoms with E-state index < -0.39 is 0 Å². The zero-order chi connectivity index (χ0) is 17.7. The van der Waals surface area contributed by atoms with Crippen molar-refractivity contribution in [3.63, 3.8) is 0 Å². The van der Waals surface area contributed by atoms with Gasteiger partial charge in [0.05, 0.1) is 19.6 Å². The maximum absolute atomic E-state index is 2.35. The molecular formula is C23H43NO. The Morgan fingerprint density at radius 3 is 1.52 bits per heavy atom. The zero-order valence-corrected chi connectivity index (χ0v) is 17.4. The summed E-state index contributed by atoms with van der Waals surface area (Å²) in [6.07, 6.45) is 14.2. The Balaban J connectivity index is 0.00000576. The quantitative estimate of drug-likeness (QED) is 0.260. The Morgan fingerprint density at radius 1 is 0.640 bits per heavy atom. The van der Waals surface area contributed by atoms with Gasteiger partial charge in [0.15, 0.2) is 0 Å². The lowest BCUT2D eigenvalue weighted by Gasteiger charge is -2.36. The minimum absolute atomic E-state index is 0. The molecule has 0 heterocycles. The molecule has 0 fully saturated rings. The fourth-order valence-corrected chi connectivity index (χ4v) is 3.80. The van der Waals surface area contributed by atoms with Gasteiger partial charge in [-0.1, -0.05) is 76.0 Å². The summed E-state index contributed by atoms with van der Waals surface area (Å²) in [5, 5.41) is 0. The van der Waals surface area contributed by atoms with Crippen molar-refractivity contribution >= 4 is 5.69 Å². The van der Waals surface area contributed by atoms with Crippen LogP contribution in [0, 0.1) is 6.92 Å². The van der Waals surface area contributed by atoms with Crippen LogP contribution in [0.4, 0.5) is 5.69 Å². The first kappa shape index (κ1) is 24.1. The number of hydrogen-bond acceptors (Lipinski definition) is 1. The molecule has 0 radical (unpaired) electrons. The summed E-state index contributed by atoms with van der Waals surface area (Å²) < 4.78 is 1.15. The van der Waals surface area contributed by atoms with Crippen LogP contribution >= 0.6 is 0 Å². The Labute approximate surface area is 157 Å². The van der Waals surface area contributed by atoms with E-state index in [2.05, 4.69) is 52.0 Å². The van der Waals surface area contributed by atoms with E-state index in [-0.39, 0.29) is 5.48 Å². The lowest BCUT2D eigenvalue weighted by Crippen LogP contribution is -2.49. The van der Waals surface area contributed by atoms with E-state index in [4.69, 9.17) is 0 Å². The number of hydrogen-bond donors (Lipinski definition) is 0. The van der Waals surface area contributed by atoms with Crippen molar-refractivity contribution in [3.8, 4) is 0 Å². The number of aryl methyl sites for hydroxylation is 1. The second-order valence-electron chi connectivity index (χ2n) is 7.52. The van der Waals surface area contributed by atoms with Gasteiger partial charge in [0.2, 0.25) is 0 Å². The highest BCUT2D eigenvalue weighted by Crippen LogP contribution is 2.24. The average Bonchev–Trinajstić information content (AvgIpc) is 2.61. The van der Waals surface area contributed by atoms with Crippen LogP contribution in [-0.2, 0) is 0 Å². The van der Waals surface area contributed by atoms with Gasteiger partial charge in [0, 0.05) is 0 Å². The van der Waals surface area contributed by atoms with E-state index >= 15 is 0 Å². The summed E-state index contributed by atoms with van der Waals surface area (Å²) >= 11 is 0. The molecule has 0 aliphatic rings. The molecule has 0 spiro atoms. The van der Waals surface area contributed by atoms with Gasteiger partial charge in [-0.15, -0.1) is 0 Å². The van der Waals surface area contributed by atoms with E-state index in [1.165, 1.54) is 95.1 Å². The van der Waals surface area contributed by atoms with Gasteiger partial charge in [-0.3, -0.25) is 4.48 Å². The predicted octanol–water partition coefficient (Wildman–Crippen LogP) is 7.09. The summed E-state index contributed by atoms with van der Waals surface area (Å²) in [6.45, 7) is 12.9. The van der Waals surface area contributed by atoms with E-state index in [0.29, 0.717) is 0 Å². The maximum atomic E-state index is 2.35. The number of nitrogens with zero attached hydrogens (tertiary/aromatic N) is 1. The molecule has 146 valence electrons. The van der Waals surface area contributed by atoms with Gasteiger partial charge < -0.3 is 5.48 Å². The SMILES string of the molecule is CCCCCCCCCCCC[N+](CC)(CC)c1ccc(C)cc1.[OH-]. The molecule has 0 saturated carbocycles. The standard InChI is InChI=1S/C23H42N.H2O/c1-5-8-9-10-11-12-13-14-15-16-21-24(6-2,7-3)23-19-17-22(4)18-20-23;/h17-20H,5-16,21H2,1-4H3;1H2/q+1;/p-1. The molecule has 0 bridgehead atoms. The third-order valence-electron chi connectivity index (χ3n) is 5.73. The van der Waals surface area contributed by atoms with Crippen molar-refractivity contribution < 1.29 is 5.48 Å². The number of unbranched alkanes of at least 4 members (excludes halogenated alkanes) is 9. The Kier molecular flexibility index (Phi) is 13.8. The monoisotopic (exact) mass is 349 g/mol. The first-order chi connectivity index (χ1) is 11.7. The molecule has 0 atom stereocenters. The van der Waals surface area contributed by atoms with Crippen LogP contribution < -0.4 is 4.48 Å². The van der Waals surface area contributed by atoms with Crippen LogP contribution in [0.25, 0.3) is 0 Å². The first-order valence-electron chi connectivity index (χ1n) is 10.6. The van der Waals surface area contributed by atoms with Crippen molar-refractivity contribution in [2.75, 3.05) is 19.6 Å². The fraction of sp³-hybridized carbons (Fsp3) is 0.739. The predicted molar refractivity (Wildman–Crippen MR) is 113 cm³/mol. The van der Waals surface area contributed by atoms with Gasteiger partial charge >= 0.3 is 0 Å². The summed E-state index contributed by atoms with van der Waals surface area (Å²) in [7, 11) is 0. The summed E-state index contributed by atoms with van der Waals surface area (Å²) in [5.41, 5.74) is 2.87. The summed E-state index contributed by atoms with van der Waals surface area (Å²) in [4.78, 5) is 0. The minimum Gasteiger partial charge on any atom is -0.870 e. The molecule has 1 aromatic rings. The van der Waals surface area contributed by atoms with Crippen LogP contribution in [0.15, 0.2) is 24.3 Å². The summed E-state index contributed by atoms with van der Waals surface area (Å²) in [5.74, 6) is 0. The molecule has 0 aliphatic carbocycles. The van der Waals surface area contributed by atoms with Gasteiger partial charge in [-0.05, 0) is 45.7 Å². The van der Waals surface area contributed by atoms with Gasteiger partial charge in [0.1, 0.15) is 5.69 Å². The molecule has 0 saturated heterocycles. The highest BCUT2D eigenvalue weighted by Gasteiger charge is 2.25. The smallest absolute Gasteiger partial charge is 0.132 e. The Hall–Kier alpha value is -0.860. The van der Waals surface area contributed by atoms with Crippen molar-refractivity contribution in [3.05, 3.63) is 29.8 Å². The lowest BCUT2D eigenvalue weighted by atomic mass is 10.1. The zero-order valence-electron chi connectivity index (χ0n) is 17.4. The van der Waals surface area contributed by atoms with Crippen molar-refractivity contribution in [2.45, 2.75) is 91.9 Å². The number of benzene rings is 1. The largest absolute Gasteiger partial charge is 0.870 e. The number of quaternary nitrogens is 1. The van der Waals surface area contributed by atoms with E-state index in [1.807, 2.05) is 0 Å². The second-order valence-corrected chi connectivity index (χ2v) is 7.52. The third kappa shape index (κ3) is 8.87. The molecular weight excluding hydrogens is 306 g/mol. The highest BCUT2D eigenvalue weighted by atomic mass is 16.0. The van der Waals surface area contributed by atoms with Crippen LogP contribution in [0.2, 0.25) is 0 Å². The second kappa shape index (κ2) is 14.3. The fourth-order valence-electron chi connectivity index (χ4n) is 3.80. The molecule has 2 heteroatoms. The molecule has 0 amide bonds. The van der Waals surface area contributed by atoms with Gasteiger partial charge in [-0.25, -0.2) is 0 Å². The topological polar surface area (TPSA) is 30.0 Å². The van der Waals surface area contributed by atoms with Gasteiger partial charge in [-0.2, -0.15) is 0 Å². The molecule has 1 N–H and O–H groups in total. The van der Waals surface area contributed by atoms with E-state index in [0.717, 1.165) is 4.48 Å². The van der Waals surface area contributed by atoms with Crippen LogP contribution in [0.1, 0.15) is 90.5 Å². The number of rotatable bonds is 14. The van der Waals surface area contributed by atoms with Crippen LogP contribution in [-0.4, -0.2) is 25.1 Å². The molecule has 1 aromatic carbocycles. The summed E-state index contributed by atoms with van der Waals surface area (Å²) in [6, 6.07) is 9.23. The average molecular weight is 350 g/mol. The molecule has 0 aliphatic heterocycles. The molecule has 2 nitrogen and oxygen atoms in total. The first-order valence-corrected chi connectivity index (χ1v) is 10.6. The van der Waals surface area contributed by atoms with Crippen molar-refractivity contribution in [1.82, 2.24) is 4.48 Å². The Bertz CT molecular complexity index is 409. The Morgan fingerprint density at radius 2 is 1.08 bits per heavy atom. The third-order valence-corrected chi connectivity index (χ3v) is 5.73. The highest BCUT2D eigenvalue weighted by molar-refractivity contribution is 5.44.